The average Bonchev–Trinajstić information content (AvgIpc) is 2.65. The molecule has 0 aliphatic rings. The van der Waals surface area contributed by atoms with E-state index in [4.69, 9.17) is 10.5 Å². The Balaban J connectivity index is 2.14. The standard InChI is InChI=1S/C9H8IN3OS/c10-6-2-1-3-7(4-6)14-9-13-12-8(5-11)15-9/h1-4H,5,11H2. The fourth-order valence-electron chi connectivity index (χ4n) is 0.993. The Morgan fingerprint density at radius 1 is 1.40 bits per heavy atom. The molecule has 0 spiro atoms. The Kier molecular flexibility index (Phi) is 3.49. The number of nitrogens with zero attached hydrogens (tertiary/aromatic N) is 2. The molecule has 0 radical (unpaired) electrons. The van der Waals surface area contributed by atoms with Gasteiger partial charge in [-0.15, -0.1) is 5.10 Å². The van der Waals surface area contributed by atoms with Crippen molar-refractivity contribution in [2.24, 2.45) is 5.73 Å². The van der Waals surface area contributed by atoms with Crippen LogP contribution in [0.3, 0.4) is 0 Å². The molecule has 1 aromatic heterocycles. The van der Waals surface area contributed by atoms with E-state index >= 15 is 0 Å². The van der Waals surface area contributed by atoms with Crippen LogP contribution in [0.25, 0.3) is 0 Å². The highest BCUT2D eigenvalue weighted by Crippen LogP contribution is 2.25. The van der Waals surface area contributed by atoms with Crippen molar-refractivity contribution < 1.29 is 4.74 Å². The third-order valence-electron chi connectivity index (χ3n) is 1.62. The highest BCUT2D eigenvalue weighted by molar-refractivity contribution is 14.1. The SMILES string of the molecule is NCc1nnc(Oc2cccc(I)c2)s1. The molecule has 0 aliphatic carbocycles. The minimum atomic E-state index is 0.396. The van der Waals surface area contributed by atoms with Gasteiger partial charge in [-0.3, -0.25) is 0 Å². The van der Waals surface area contributed by atoms with Crippen LogP contribution in [0.2, 0.25) is 0 Å². The Morgan fingerprint density at radius 2 is 2.27 bits per heavy atom. The second-order valence-corrected chi connectivity index (χ2v) is 5.00. The minimum absolute atomic E-state index is 0.396. The molecule has 6 heteroatoms. The molecular formula is C9H8IN3OS. The number of rotatable bonds is 3. The van der Waals surface area contributed by atoms with Gasteiger partial charge >= 0.3 is 0 Å². The molecular weight excluding hydrogens is 325 g/mol. The van der Waals surface area contributed by atoms with Crippen LogP contribution in [-0.2, 0) is 6.54 Å². The van der Waals surface area contributed by atoms with Gasteiger partial charge in [0.15, 0.2) is 0 Å². The lowest BCUT2D eigenvalue weighted by atomic mass is 10.3. The first-order chi connectivity index (χ1) is 7.28. The van der Waals surface area contributed by atoms with Crippen molar-refractivity contribution in [2.75, 3.05) is 0 Å². The van der Waals surface area contributed by atoms with E-state index in [0.717, 1.165) is 14.3 Å². The molecule has 0 unspecified atom stereocenters. The first-order valence-corrected chi connectivity index (χ1v) is 6.13. The third-order valence-corrected chi connectivity index (χ3v) is 3.12. The maximum Gasteiger partial charge on any atom is 0.299 e. The van der Waals surface area contributed by atoms with Crippen molar-refractivity contribution in [3.05, 3.63) is 32.8 Å². The summed E-state index contributed by atoms with van der Waals surface area (Å²) in [6, 6.07) is 7.75. The summed E-state index contributed by atoms with van der Waals surface area (Å²) in [7, 11) is 0. The maximum atomic E-state index is 5.53. The fraction of sp³-hybridized carbons (Fsp3) is 0.111. The van der Waals surface area contributed by atoms with E-state index in [1.807, 2.05) is 24.3 Å². The second kappa shape index (κ2) is 4.86. The molecule has 0 fully saturated rings. The van der Waals surface area contributed by atoms with Crippen molar-refractivity contribution >= 4 is 33.9 Å². The Bertz CT molecular complexity index is 460. The lowest BCUT2D eigenvalue weighted by Crippen LogP contribution is -1.94. The molecule has 1 heterocycles. The molecule has 0 aliphatic heterocycles. The van der Waals surface area contributed by atoms with E-state index < -0.39 is 0 Å². The predicted molar refractivity (Wildman–Crippen MR) is 67.0 cm³/mol. The number of halogens is 1. The van der Waals surface area contributed by atoms with E-state index in [2.05, 4.69) is 32.8 Å². The van der Waals surface area contributed by atoms with Crippen molar-refractivity contribution in [3.8, 4) is 10.9 Å². The molecule has 2 rings (SSSR count). The van der Waals surface area contributed by atoms with E-state index in [1.54, 1.807) is 0 Å². The molecule has 2 N–H and O–H groups in total. The van der Waals surface area contributed by atoms with Gasteiger partial charge in [-0.1, -0.05) is 22.5 Å². The lowest BCUT2D eigenvalue weighted by Gasteiger charge is -2.00. The Morgan fingerprint density at radius 3 is 2.93 bits per heavy atom. The van der Waals surface area contributed by atoms with Crippen LogP contribution in [0.15, 0.2) is 24.3 Å². The van der Waals surface area contributed by atoms with Crippen LogP contribution in [-0.4, -0.2) is 10.2 Å². The quantitative estimate of drug-likeness (QED) is 0.877. The summed E-state index contributed by atoms with van der Waals surface area (Å²) in [5.41, 5.74) is 5.43. The molecule has 0 atom stereocenters. The number of benzene rings is 1. The number of nitrogens with two attached hydrogens (primary N) is 1. The van der Waals surface area contributed by atoms with Gasteiger partial charge < -0.3 is 10.5 Å². The van der Waals surface area contributed by atoms with Crippen LogP contribution in [0.4, 0.5) is 0 Å². The summed E-state index contributed by atoms with van der Waals surface area (Å²) in [5, 5.41) is 9.04. The summed E-state index contributed by atoms with van der Waals surface area (Å²) in [6.07, 6.45) is 0. The molecule has 0 bridgehead atoms. The van der Waals surface area contributed by atoms with Gasteiger partial charge in [-0.25, -0.2) is 0 Å². The molecule has 1 aromatic carbocycles. The molecule has 15 heavy (non-hydrogen) atoms. The van der Waals surface area contributed by atoms with Gasteiger partial charge in [-0.2, -0.15) is 0 Å². The molecule has 2 aromatic rings. The van der Waals surface area contributed by atoms with Crippen molar-refractivity contribution in [3.63, 3.8) is 0 Å². The van der Waals surface area contributed by atoms with Crippen molar-refractivity contribution in [2.45, 2.75) is 6.54 Å². The summed E-state index contributed by atoms with van der Waals surface area (Å²) in [5.74, 6) is 0.765. The minimum Gasteiger partial charge on any atom is -0.430 e. The van der Waals surface area contributed by atoms with Gasteiger partial charge in [0, 0.05) is 10.1 Å². The monoisotopic (exact) mass is 333 g/mol. The fourth-order valence-corrected chi connectivity index (χ4v) is 2.09. The summed E-state index contributed by atoms with van der Waals surface area (Å²) in [4.78, 5) is 0. The van der Waals surface area contributed by atoms with Gasteiger partial charge in [0.1, 0.15) is 10.8 Å². The normalized spacial score (nSPS) is 10.3. The summed E-state index contributed by atoms with van der Waals surface area (Å²) in [6.45, 7) is 0.396. The Labute approximate surface area is 105 Å². The molecule has 0 saturated carbocycles. The van der Waals surface area contributed by atoms with Crippen molar-refractivity contribution in [1.29, 1.82) is 0 Å². The van der Waals surface area contributed by atoms with Gasteiger partial charge in [0.25, 0.3) is 5.19 Å². The first kappa shape index (κ1) is 10.8. The molecule has 4 nitrogen and oxygen atoms in total. The number of hydrogen-bond acceptors (Lipinski definition) is 5. The average molecular weight is 333 g/mol. The zero-order chi connectivity index (χ0) is 10.7. The van der Waals surface area contributed by atoms with E-state index in [9.17, 15) is 0 Å². The van der Waals surface area contributed by atoms with Crippen LogP contribution in [0.1, 0.15) is 5.01 Å². The van der Waals surface area contributed by atoms with E-state index in [0.29, 0.717) is 11.7 Å². The molecule has 0 saturated heterocycles. The van der Waals surface area contributed by atoms with E-state index in [1.165, 1.54) is 11.3 Å². The first-order valence-electron chi connectivity index (χ1n) is 4.24. The summed E-state index contributed by atoms with van der Waals surface area (Å²) < 4.78 is 6.65. The van der Waals surface area contributed by atoms with Gasteiger partial charge in [-0.05, 0) is 40.8 Å². The molecule has 78 valence electrons. The van der Waals surface area contributed by atoms with Crippen molar-refractivity contribution in [1.82, 2.24) is 10.2 Å². The van der Waals surface area contributed by atoms with Crippen LogP contribution in [0.5, 0.6) is 10.9 Å². The predicted octanol–water partition coefficient (Wildman–Crippen LogP) is 2.39. The number of aromatic nitrogens is 2. The van der Waals surface area contributed by atoms with E-state index in [-0.39, 0.29) is 0 Å². The van der Waals surface area contributed by atoms with Gasteiger partial charge in [0.05, 0.1) is 0 Å². The van der Waals surface area contributed by atoms with Crippen LogP contribution in [0, 0.1) is 3.57 Å². The highest BCUT2D eigenvalue weighted by Gasteiger charge is 2.04. The van der Waals surface area contributed by atoms with Gasteiger partial charge in [0.2, 0.25) is 0 Å². The largest absolute Gasteiger partial charge is 0.430 e. The van der Waals surface area contributed by atoms with Crippen LogP contribution >= 0.6 is 33.9 Å². The maximum absolute atomic E-state index is 5.53. The third kappa shape index (κ3) is 2.86. The highest BCUT2D eigenvalue weighted by atomic mass is 127. The summed E-state index contributed by atoms with van der Waals surface area (Å²) >= 11 is 3.59. The second-order valence-electron chi connectivity index (χ2n) is 2.73. The van der Waals surface area contributed by atoms with Crippen LogP contribution < -0.4 is 10.5 Å². The topological polar surface area (TPSA) is 61.0 Å². The lowest BCUT2D eigenvalue weighted by molar-refractivity contribution is 0.472. The molecule has 0 amide bonds. The zero-order valence-electron chi connectivity index (χ0n) is 7.68. The zero-order valence-corrected chi connectivity index (χ0v) is 10.7. The number of hydrogen-bond donors (Lipinski definition) is 1. The smallest absolute Gasteiger partial charge is 0.299 e. The Hall–Kier alpha value is -0.730. The number of ether oxygens (including phenoxy) is 1.